The number of hydrogen-bond acceptors (Lipinski definition) is 5. The molecule has 0 unspecified atom stereocenters. The van der Waals surface area contributed by atoms with Gasteiger partial charge in [-0.15, -0.1) is 0 Å². The number of nitrogens with one attached hydrogen (secondary N) is 3. The molecule has 0 atom stereocenters. The first-order chi connectivity index (χ1) is 13.5. The van der Waals surface area contributed by atoms with Crippen LogP contribution in [0, 0.1) is 6.92 Å². The van der Waals surface area contributed by atoms with Gasteiger partial charge >= 0.3 is 0 Å². The number of ether oxygens (including phenoxy) is 1. The van der Waals surface area contributed by atoms with Crippen molar-refractivity contribution < 1.29 is 9.53 Å². The van der Waals surface area contributed by atoms with Crippen LogP contribution in [0.5, 0.6) is 5.88 Å². The molecule has 7 nitrogen and oxygen atoms in total. The molecule has 1 amide bonds. The summed E-state index contributed by atoms with van der Waals surface area (Å²) in [5.74, 6) is -0.0560. The smallest absolute Gasteiger partial charge is 0.251 e. The zero-order valence-electron chi connectivity index (χ0n) is 15.9. The molecular formula is C20H21ClN4O3. The number of aromatic nitrogens is 2. The molecule has 2 heterocycles. The number of halogens is 1. The normalized spacial score (nSPS) is 10.7. The summed E-state index contributed by atoms with van der Waals surface area (Å²) in [7, 11) is 1.45. The maximum Gasteiger partial charge on any atom is 0.251 e. The van der Waals surface area contributed by atoms with Gasteiger partial charge in [-0.05, 0) is 43.7 Å². The first-order valence-corrected chi connectivity index (χ1v) is 9.20. The highest BCUT2D eigenvalue weighted by atomic mass is 35.5. The Morgan fingerprint density at radius 1 is 1.36 bits per heavy atom. The number of amides is 1. The Morgan fingerprint density at radius 3 is 2.86 bits per heavy atom. The van der Waals surface area contributed by atoms with Gasteiger partial charge in [0.15, 0.2) is 5.43 Å². The number of pyridine rings is 2. The van der Waals surface area contributed by atoms with Gasteiger partial charge in [0.25, 0.3) is 5.91 Å². The third-order valence-electron chi connectivity index (χ3n) is 4.45. The Morgan fingerprint density at radius 2 is 2.14 bits per heavy atom. The number of H-pyrrole nitrogens is 1. The summed E-state index contributed by atoms with van der Waals surface area (Å²) in [6.07, 6.45) is 1.59. The van der Waals surface area contributed by atoms with Gasteiger partial charge in [-0.3, -0.25) is 9.59 Å². The number of carbonyl (C=O) groups is 1. The van der Waals surface area contributed by atoms with Crippen molar-refractivity contribution in [3.63, 3.8) is 0 Å². The second-order valence-corrected chi connectivity index (χ2v) is 6.64. The van der Waals surface area contributed by atoms with Crippen LogP contribution >= 0.6 is 11.6 Å². The third-order valence-corrected chi connectivity index (χ3v) is 4.66. The van der Waals surface area contributed by atoms with Crippen molar-refractivity contribution >= 4 is 34.2 Å². The number of nitrogens with zero attached hydrogens (tertiary/aromatic N) is 1. The average Bonchev–Trinajstić information content (AvgIpc) is 2.69. The van der Waals surface area contributed by atoms with Gasteiger partial charge in [-0.2, -0.15) is 0 Å². The van der Waals surface area contributed by atoms with E-state index in [-0.39, 0.29) is 23.8 Å². The number of methoxy groups -OCH3 is 1. The van der Waals surface area contributed by atoms with Crippen LogP contribution in [-0.2, 0) is 6.54 Å². The van der Waals surface area contributed by atoms with Crippen LogP contribution in [0.4, 0.5) is 5.69 Å². The van der Waals surface area contributed by atoms with E-state index in [0.29, 0.717) is 33.7 Å². The van der Waals surface area contributed by atoms with Crippen LogP contribution in [-0.4, -0.2) is 29.5 Å². The van der Waals surface area contributed by atoms with E-state index in [4.69, 9.17) is 16.3 Å². The summed E-state index contributed by atoms with van der Waals surface area (Å²) in [5, 5.41) is 6.86. The fraction of sp³-hybridized carbons (Fsp3) is 0.250. The molecule has 0 aliphatic heterocycles. The second-order valence-electron chi connectivity index (χ2n) is 6.20. The monoisotopic (exact) mass is 400 g/mol. The first-order valence-electron chi connectivity index (χ1n) is 8.82. The van der Waals surface area contributed by atoms with E-state index in [0.717, 1.165) is 11.3 Å². The molecule has 0 saturated heterocycles. The minimum Gasteiger partial charge on any atom is -0.482 e. The molecule has 0 spiro atoms. The Bertz CT molecular complexity index is 1090. The standard InChI is InChI=1S/C20H21ClN4O3/c1-4-22-16-9-12(21)8-14(11(16)2)19(27)24-10-15-17(26)13-6-5-7-23-18(13)25-20(15)28-3/h5-9,22H,4,10H2,1-3H3,(H,24,27)(H,23,25,26). The van der Waals surface area contributed by atoms with Crippen molar-refractivity contribution in [2.75, 3.05) is 19.0 Å². The minimum absolute atomic E-state index is 0.00463. The van der Waals surface area contributed by atoms with Gasteiger partial charge in [-0.1, -0.05) is 11.6 Å². The summed E-state index contributed by atoms with van der Waals surface area (Å²) in [6, 6.07) is 6.75. The first kappa shape index (κ1) is 19.7. The predicted molar refractivity (Wildman–Crippen MR) is 110 cm³/mol. The molecule has 8 heteroatoms. The van der Waals surface area contributed by atoms with Crippen molar-refractivity contribution in [2.24, 2.45) is 0 Å². The van der Waals surface area contributed by atoms with E-state index in [2.05, 4.69) is 20.6 Å². The highest BCUT2D eigenvalue weighted by Gasteiger charge is 2.17. The van der Waals surface area contributed by atoms with Crippen LogP contribution in [0.25, 0.3) is 11.0 Å². The average molecular weight is 401 g/mol. The van der Waals surface area contributed by atoms with Gasteiger partial charge in [-0.25, -0.2) is 4.98 Å². The van der Waals surface area contributed by atoms with Gasteiger partial charge in [0.2, 0.25) is 5.88 Å². The number of carbonyl (C=O) groups excluding carboxylic acids is 1. The Labute approximate surface area is 167 Å². The largest absolute Gasteiger partial charge is 0.482 e. The topological polar surface area (TPSA) is 96.1 Å². The SMILES string of the molecule is CCNc1cc(Cl)cc(C(=O)NCc2c(OC)[nH]c3ncccc3c2=O)c1C. The maximum absolute atomic E-state index is 12.8. The van der Waals surface area contributed by atoms with Crippen LogP contribution in [0.3, 0.4) is 0 Å². The van der Waals surface area contributed by atoms with E-state index < -0.39 is 0 Å². The number of anilines is 1. The van der Waals surface area contributed by atoms with Gasteiger partial charge in [0.1, 0.15) is 5.65 Å². The van der Waals surface area contributed by atoms with E-state index in [9.17, 15) is 9.59 Å². The summed E-state index contributed by atoms with van der Waals surface area (Å²) >= 11 is 6.16. The Hall–Kier alpha value is -3.06. The predicted octanol–water partition coefficient (Wildman–Crippen LogP) is 3.26. The second kappa shape index (κ2) is 8.31. The summed E-state index contributed by atoms with van der Waals surface area (Å²) in [5.41, 5.74) is 2.54. The highest BCUT2D eigenvalue weighted by molar-refractivity contribution is 6.31. The molecule has 1 aromatic carbocycles. The van der Waals surface area contributed by atoms with Crippen molar-refractivity contribution in [3.8, 4) is 5.88 Å². The van der Waals surface area contributed by atoms with Crippen molar-refractivity contribution in [1.82, 2.24) is 15.3 Å². The summed E-state index contributed by atoms with van der Waals surface area (Å²) in [6.45, 7) is 4.52. The number of rotatable bonds is 6. The molecule has 0 aliphatic carbocycles. The third kappa shape index (κ3) is 3.80. The van der Waals surface area contributed by atoms with Crippen molar-refractivity contribution in [3.05, 3.63) is 62.4 Å². The molecule has 3 rings (SSSR count). The van der Waals surface area contributed by atoms with Crippen LogP contribution in [0.1, 0.15) is 28.4 Å². The fourth-order valence-electron chi connectivity index (χ4n) is 3.02. The summed E-state index contributed by atoms with van der Waals surface area (Å²) in [4.78, 5) is 32.7. The number of benzene rings is 1. The summed E-state index contributed by atoms with van der Waals surface area (Å²) < 4.78 is 5.29. The lowest BCUT2D eigenvalue weighted by molar-refractivity contribution is 0.0950. The lowest BCUT2D eigenvalue weighted by Gasteiger charge is -2.14. The number of aromatic amines is 1. The molecule has 3 N–H and O–H groups in total. The molecule has 0 bridgehead atoms. The molecule has 0 saturated carbocycles. The molecule has 2 aromatic heterocycles. The lowest BCUT2D eigenvalue weighted by Crippen LogP contribution is -2.27. The van der Waals surface area contributed by atoms with Crippen molar-refractivity contribution in [2.45, 2.75) is 20.4 Å². The zero-order valence-corrected chi connectivity index (χ0v) is 16.6. The van der Waals surface area contributed by atoms with E-state index in [1.54, 1.807) is 30.5 Å². The maximum atomic E-state index is 12.8. The lowest BCUT2D eigenvalue weighted by atomic mass is 10.1. The minimum atomic E-state index is -0.327. The molecule has 0 aliphatic rings. The van der Waals surface area contributed by atoms with Gasteiger partial charge < -0.3 is 20.4 Å². The molecule has 146 valence electrons. The van der Waals surface area contributed by atoms with E-state index in [1.165, 1.54) is 7.11 Å². The molecule has 0 radical (unpaired) electrons. The van der Waals surface area contributed by atoms with Gasteiger partial charge in [0.05, 0.1) is 24.6 Å². The van der Waals surface area contributed by atoms with Gasteiger partial charge in [0, 0.05) is 29.0 Å². The Balaban J connectivity index is 1.92. The fourth-order valence-corrected chi connectivity index (χ4v) is 3.24. The van der Waals surface area contributed by atoms with Crippen LogP contribution in [0.2, 0.25) is 5.02 Å². The number of fused-ring (bicyclic) bond motifs is 1. The molecular weight excluding hydrogens is 380 g/mol. The van der Waals surface area contributed by atoms with Crippen LogP contribution < -0.4 is 20.8 Å². The highest BCUT2D eigenvalue weighted by Crippen LogP contribution is 2.25. The molecule has 3 aromatic rings. The molecule has 0 fully saturated rings. The van der Waals surface area contributed by atoms with E-state index >= 15 is 0 Å². The number of hydrogen-bond donors (Lipinski definition) is 3. The van der Waals surface area contributed by atoms with E-state index in [1.807, 2.05) is 13.8 Å². The molecule has 28 heavy (non-hydrogen) atoms. The van der Waals surface area contributed by atoms with Crippen molar-refractivity contribution in [1.29, 1.82) is 0 Å². The Kier molecular flexibility index (Phi) is 5.84. The zero-order chi connectivity index (χ0) is 20.3. The quantitative estimate of drug-likeness (QED) is 0.590. The van der Waals surface area contributed by atoms with Crippen LogP contribution in [0.15, 0.2) is 35.3 Å².